The summed E-state index contributed by atoms with van der Waals surface area (Å²) < 4.78 is 0. The van der Waals surface area contributed by atoms with E-state index in [9.17, 15) is 5.26 Å². The van der Waals surface area contributed by atoms with Crippen molar-refractivity contribution in [2.45, 2.75) is 31.6 Å². The van der Waals surface area contributed by atoms with Crippen LogP contribution in [0.2, 0.25) is 0 Å². The average molecular weight is 197 g/mol. The summed E-state index contributed by atoms with van der Waals surface area (Å²) >= 11 is 0. The topological polar surface area (TPSA) is 23.8 Å². The molecule has 1 aliphatic carbocycles. The van der Waals surface area contributed by atoms with E-state index < -0.39 is 0 Å². The van der Waals surface area contributed by atoms with Gasteiger partial charge in [-0.1, -0.05) is 42.0 Å². The van der Waals surface area contributed by atoms with Gasteiger partial charge in [-0.25, -0.2) is 0 Å². The summed E-state index contributed by atoms with van der Waals surface area (Å²) in [4.78, 5) is 0. The Bertz CT molecular complexity index is 384. The van der Waals surface area contributed by atoms with Crippen LogP contribution in [0.3, 0.4) is 0 Å². The maximum atomic E-state index is 9.24. The lowest BCUT2D eigenvalue weighted by atomic mass is 9.85. The van der Waals surface area contributed by atoms with Crippen molar-refractivity contribution in [1.82, 2.24) is 0 Å². The fourth-order valence-corrected chi connectivity index (χ4v) is 2.14. The number of allylic oxidation sites excluding steroid dienone is 2. The molecule has 1 nitrogen and oxygen atoms in total. The van der Waals surface area contributed by atoms with Crippen LogP contribution in [0.25, 0.3) is 0 Å². The predicted octanol–water partition coefficient (Wildman–Crippen LogP) is 3.79. The highest BCUT2D eigenvalue weighted by Gasteiger charge is 2.16. The van der Waals surface area contributed by atoms with Gasteiger partial charge in [-0.2, -0.15) is 5.26 Å². The normalized spacial score (nSPS) is 17.7. The summed E-state index contributed by atoms with van der Waals surface area (Å²) in [5.74, 6) is -0.0218. The maximum absolute atomic E-state index is 9.24. The Balaban J connectivity index is 2.25. The van der Waals surface area contributed by atoms with Crippen molar-refractivity contribution in [3.63, 3.8) is 0 Å². The highest BCUT2D eigenvalue weighted by molar-refractivity contribution is 5.35. The second-order valence-corrected chi connectivity index (χ2v) is 4.00. The van der Waals surface area contributed by atoms with Crippen molar-refractivity contribution < 1.29 is 0 Å². The maximum Gasteiger partial charge on any atom is 0.0922 e. The van der Waals surface area contributed by atoms with Gasteiger partial charge in [-0.3, -0.25) is 0 Å². The molecular formula is C14H15N. The molecule has 0 radical (unpaired) electrons. The average Bonchev–Trinajstić information content (AvgIpc) is 2.33. The highest BCUT2D eigenvalue weighted by atomic mass is 14.3. The molecule has 0 aliphatic heterocycles. The summed E-state index contributed by atoms with van der Waals surface area (Å²) in [5.41, 5.74) is 2.45. The largest absolute Gasteiger partial charge is 0.197 e. The lowest BCUT2D eigenvalue weighted by molar-refractivity contribution is 0.675. The predicted molar refractivity (Wildman–Crippen MR) is 61.3 cm³/mol. The van der Waals surface area contributed by atoms with Crippen LogP contribution in [-0.2, 0) is 0 Å². The molecule has 0 spiro atoms. The molecule has 0 amide bonds. The minimum atomic E-state index is -0.0218. The van der Waals surface area contributed by atoms with Crippen LogP contribution in [0.1, 0.15) is 37.2 Å². The summed E-state index contributed by atoms with van der Waals surface area (Å²) in [6.07, 6.45) is 6.99. The Kier molecular flexibility index (Phi) is 3.19. The molecule has 0 saturated heterocycles. The fourth-order valence-electron chi connectivity index (χ4n) is 2.14. The second-order valence-electron chi connectivity index (χ2n) is 4.00. The summed E-state index contributed by atoms with van der Waals surface area (Å²) in [6, 6.07) is 12.5. The van der Waals surface area contributed by atoms with Gasteiger partial charge in [0, 0.05) is 0 Å². The molecule has 0 bridgehead atoms. The van der Waals surface area contributed by atoms with Crippen LogP contribution < -0.4 is 0 Å². The molecule has 1 aliphatic rings. The SMILES string of the molecule is N#CC(C1=CCCCC1)c1ccccc1. The Hall–Kier alpha value is -1.55. The molecule has 15 heavy (non-hydrogen) atoms. The van der Waals surface area contributed by atoms with E-state index >= 15 is 0 Å². The summed E-state index contributed by atoms with van der Waals surface area (Å²) in [5, 5.41) is 9.24. The quantitative estimate of drug-likeness (QED) is 0.662. The number of nitrogens with zero attached hydrogens (tertiary/aromatic N) is 1. The number of hydrogen-bond donors (Lipinski definition) is 0. The van der Waals surface area contributed by atoms with Gasteiger partial charge >= 0.3 is 0 Å². The fraction of sp³-hybridized carbons (Fsp3) is 0.357. The monoisotopic (exact) mass is 197 g/mol. The summed E-state index contributed by atoms with van der Waals surface area (Å²) in [7, 11) is 0. The Morgan fingerprint density at radius 1 is 1.13 bits per heavy atom. The van der Waals surface area contributed by atoms with Gasteiger partial charge in [0.2, 0.25) is 0 Å². The van der Waals surface area contributed by atoms with Crippen LogP contribution in [0.4, 0.5) is 0 Å². The zero-order valence-corrected chi connectivity index (χ0v) is 8.82. The van der Waals surface area contributed by atoms with Gasteiger partial charge in [0.15, 0.2) is 0 Å². The number of benzene rings is 1. The van der Waals surface area contributed by atoms with Crippen LogP contribution in [0.5, 0.6) is 0 Å². The molecule has 76 valence electrons. The molecule has 1 heteroatoms. The molecule has 1 aromatic rings. The number of nitriles is 1. The third kappa shape index (κ3) is 2.27. The molecule has 0 N–H and O–H groups in total. The van der Waals surface area contributed by atoms with Gasteiger partial charge in [0.05, 0.1) is 12.0 Å². The van der Waals surface area contributed by atoms with Crippen molar-refractivity contribution in [1.29, 1.82) is 5.26 Å². The highest BCUT2D eigenvalue weighted by Crippen LogP contribution is 2.30. The lowest BCUT2D eigenvalue weighted by Crippen LogP contribution is -2.03. The van der Waals surface area contributed by atoms with Crippen molar-refractivity contribution >= 4 is 0 Å². The van der Waals surface area contributed by atoms with Crippen molar-refractivity contribution in [3.8, 4) is 6.07 Å². The molecule has 0 aromatic heterocycles. The lowest BCUT2D eigenvalue weighted by Gasteiger charge is -2.17. The molecule has 0 fully saturated rings. The van der Waals surface area contributed by atoms with E-state index in [0.717, 1.165) is 18.4 Å². The molecule has 0 saturated carbocycles. The number of rotatable bonds is 2. The zero-order chi connectivity index (χ0) is 10.5. The standard InChI is InChI=1S/C14H15N/c15-11-14(12-7-3-1-4-8-12)13-9-5-2-6-10-13/h1,3-4,7-9,14H,2,5-6,10H2. The number of hydrogen-bond acceptors (Lipinski definition) is 1. The van der Waals surface area contributed by atoms with Gasteiger partial charge in [0.25, 0.3) is 0 Å². The van der Waals surface area contributed by atoms with Crippen molar-refractivity contribution in [2.24, 2.45) is 0 Å². The first-order valence-corrected chi connectivity index (χ1v) is 5.55. The van der Waals surface area contributed by atoms with Crippen LogP contribution in [-0.4, -0.2) is 0 Å². The zero-order valence-electron chi connectivity index (χ0n) is 8.82. The Labute approximate surface area is 91.0 Å². The Morgan fingerprint density at radius 3 is 2.53 bits per heavy atom. The third-order valence-corrected chi connectivity index (χ3v) is 2.96. The molecule has 1 unspecified atom stereocenters. The van der Waals surface area contributed by atoms with E-state index in [4.69, 9.17) is 0 Å². The first kappa shape index (κ1) is 9.98. The minimum Gasteiger partial charge on any atom is -0.197 e. The molecule has 0 heterocycles. The van der Waals surface area contributed by atoms with E-state index in [0.29, 0.717) is 0 Å². The molecule has 1 atom stereocenters. The molecule has 1 aromatic carbocycles. The van der Waals surface area contributed by atoms with Gasteiger partial charge in [0.1, 0.15) is 0 Å². The van der Waals surface area contributed by atoms with E-state index in [2.05, 4.69) is 12.1 Å². The minimum absolute atomic E-state index is 0.0218. The van der Waals surface area contributed by atoms with Crippen molar-refractivity contribution in [3.05, 3.63) is 47.5 Å². The van der Waals surface area contributed by atoms with Crippen molar-refractivity contribution in [2.75, 3.05) is 0 Å². The first-order chi connectivity index (χ1) is 7.42. The smallest absolute Gasteiger partial charge is 0.0922 e. The van der Waals surface area contributed by atoms with Gasteiger partial charge in [-0.05, 0) is 31.2 Å². The van der Waals surface area contributed by atoms with Gasteiger partial charge < -0.3 is 0 Å². The molecule has 2 rings (SSSR count). The van der Waals surface area contributed by atoms with Gasteiger partial charge in [-0.15, -0.1) is 0 Å². The van der Waals surface area contributed by atoms with E-state index in [1.54, 1.807) is 0 Å². The van der Waals surface area contributed by atoms with E-state index in [1.165, 1.54) is 18.4 Å². The third-order valence-electron chi connectivity index (χ3n) is 2.96. The van der Waals surface area contributed by atoms with Crippen LogP contribution in [0.15, 0.2) is 42.0 Å². The summed E-state index contributed by atoms with van der Waals surface area (Å²) in [6.45, 7) is 0. The second kappa shape index (κ2) is 4.79. The Morgan fingerprint density at radius 2 is 1.93 bits per heavy atom. The molecular weight excluding hydrogens is 182 g/mol. The first-order valence-electron chi connectivity index (χ1n) is 5.55. The van der Waals surface area contributed by atoms with E-state index in [-0.39, 0.29) is 5.92 Å². The van der Waals surface area contributed by atoms with Crippen LogP contribution >= 0.6 is 0 Å². The van der Waals surface area contributed by atoms with Crippen LogP contribution in [0, 0.1) is 11.3 Å². The van der Waals surface area contributed by atoms with E-state index in [1.807, 2.05) is 30.3 Å².